The summed E-state index contributed by atoms with van der Waals surface area (Å²) in [5.41, 5.74) is 0. The predicted octanol–water partition coefficient (Wildman–Crippen LogP) is 0.819. The lowest BCUT2D eigenvalue weighted by atomic mass is 10.2. The number of aliphatic hydroxyl groups excluding tert-OH is 1. The van der Waals surface area contributed by atoms with Crippen molar-refractivity contribution >= 4 is 17.7 Å². The number of thioether (sulfide) groups is 1. The van der Waals surface area contributed by atoms with Crippen molar-refractivity contribution in [3.05, 3.63) is 18.5 Å². The lowest BCUT2D eigenvalue weighted by molar-refractivity contribution is 0.250. The molecule has 0 saturated heterocycles. The molecule has 8 heteroatoms. The maximum atomic E-state index is 9.03. The first-order chi connectivity index (χ1) is 9.22. The topological polar surface area (TPSA) is 88.8 Å². The summed E-state index contributed by atoms with van der Waals surface area (Å²) < 4.78 is 1.59. The Hall–Kier alpha value is -1.67. The molecule has 2 aromatic heterocycles. The molecule has 0 aliphatic carbocycles. The number of aromatic nitrogens is 5. The smallest absolute Gasteiger partial charge is 0.256 e. The zero-order chi connectivity index (χ0) is 13.7. The molecular formula is C11H16N6OS. The summed E-state index contributed by atoms with van der Waals surface area (Å²) in [7, 11) is 1.76. The van der Waals surface area contributed by atoms with E-state index in [1.54, 1.807) is 24.1 Å². The Morgan fingerprint density at radius 3 is 2.89 bits per heavy atom. The molecule has 0 aliphatic heterocycles. The molecule has 0 bridgehead atoms. The van der Waals surface area contributed by atoms with Crippen LogP contribution in [0.25, 0.3) is 5.95 Å². The van der Waals surface area contributed by atoms with E-state index in [9.17, 15) is 0 Å². The van der Waals surface area contributed by atoms with Gasteiger partial charge in [-0.25, -0.2) is 4.68 Å². The first-order valence-corrected chi connectivity index (χ1v) is 6.89. The molecule has 2 heterocycles. The van der Waals surface area contributed by atoms with Gasteiger partial charge in [0, 0.05) is 31.8 Å². The molecule has 0 amide bonds. The molecule has 0 aromatic carbocycles. The maximum Gasteiger partial charge on any atom is 0.256 e. The second kappa shape index (κ2) is 6.48. The Balaban J connectivity index is 2.21. The van der Waals surface area contributed by atoms with Crippen molar-refractivity contribution in [2.24, 2.45) is 5.92 Å². The van der Waals surface area contributed by atoms with Gasteiger partial charge in [0.2, 0.25) is 5.95 Å². The quantitative estimate of drug-likeness (QED) is 0.757. The van der Waals surface area contributed by atoms with Crippen molar-refractivity contribution in [2.45, 2.75) is 12.1 Å². The standard InChI is InChI=1S/C11H16N6OS/c1-8(6-18)7-19-11-15-9(12-2)14-10(16-11)17-5-3-4-13-17/h3-5,8,18H,6-7H2,1-2H3,(H,12,14,15,16). The van der Waals surface area contributed by atoms with Gasteiger partial charge in [0.15, 0.2) is 5.16 Å². The highest BCUT2D eigenvalue weighted by atomic mass is 32.2. The number of nitrogens with one attached hydrogen (secondary N) is 1. The SMILES string of the molecule is CNc1nc(SCC(C)CO)nc(-n2cccn2)n1. The monoisotopic (exact) mass is 280 g/mol. The van der Waals surface area contributed by atoms with Gasteiger partial charge in [-0.1, -0.05) is 18.7 Å². The molecule has 1 unspecified atom stereocenters. The Kier molecular flexibility index (Phi) is 4.69. The van der Waals surface area contributed by atoms with Crippen molar-refractivity contribution in [3.63, 3.8) is 0 Å². The van der Waals surface area contributed by atoms with Crippen LogP contribution in [0.2, 0.25) is 0 Å². The van der Waals surface area contributed by atoms with Crippen molar-refractivity contribution < 1.29 is 5.11 Å². The molecular weight excluding hydrogens is 264 g/mol. The summed E-state index contributed by atoms with van der Waals surface area (Å²) in [5.74, 6) is 1.93. The third-order valence-electron chi connectivity index (χ3n) is 2.34. The van der Waals surface area contributed by atoms with Gasteiger partial charge in [0.1, 0.15) is 0 Å². The van der Waals surface area contributed by atoms with Crippen LogP contribution in [0.15, 0.2) is 23.6 Å². The number of rotatable bonds is 6. The van der Waals surface area contributed by atoms with E-state index in [4.69, 9.17) is 5.11 Å². The van der Waals surface area contributed by atoms with Gasteiger partial charge in [-0.2, -0.15) is 20.1 Å². The molecule has 0 spiro atoms. The van der Waals surface area contributed by atoms with Gasteiger partial charge in [0.25, 0.3) is 5.95 Å². The number of nitrogens with zero attached hydrogens (tertiary/aromatic N) is 5. The third-order valence-corrected chi connectivity index (χ3v) is 3.52. The van der Waals surface area contributed by atoms with E-state index in [1.807, 2.05) is 13.0 Å². The largest absolute Gasteiger partial charge is 0.396 e. The van der Waals surface area contributed by atoms with Crippen LogP contribution in [0.4, 0.5) is 5.95 Å². The van der Waals surface area contributed by atoms with E-state index in [1.165, 1.54) is 11.8 Å². The number of hydrogen-bond acceptors (Lipinski definition) is 7. The van der Waals surface area contributed by atoms with E-state index in [2.05, 4.69) is 25.4 Å². The molecule has 0 aliphatic rings. The van der Waals surface area contributed by atoms with E-state index in [-0.39, 0.29) is 12.5 Å². The van der Waals surface area contributed by atoms with Crippen LogP contribution in [-0.2, 0) is 0 Å². The molecule has 7 nitrogen and oxygen atoms in total. The van der Waals surface area contributed by atoms with Gasteiger partial charge < -0.3 is 10.4 Å². The summed E-state index contributed by atoms with van der Waals surface area (Å²) in [4.78, 5) is 12.9. The van der Waals surface area contributed by atoms with E-state index in [0.29, 0.717) is 17.1 Å². The van der Waals surface area contributed by atoms with Crippen LogP contribution in [0.3, 0.4) is 0 Å². The zero-order valence-electron chi connectivity index (χ0n) is 10.8. The molecule has 0 saturated carbocycles. The minimum Gasteiger partial charge on any atom is -0.396 e. The molecule has 1 atom stereocenters. The fourth-order valence-corrected chi connectivity index (χ4v) is 2.12. The summed E-state index contributed by atoms with van der Waals surface area (Å²) in [5, 5.41) is 16.6. The van der Waals surface area contributed by atoms with Crippen molar-refractivity contribution in [3.8, 4) is 5.95 Å². The van der Waals surface area contributed by atoms with Crippen LogP contribution >= 0.6 is 11.8 Å². The van der Waals surface area contributed by atoms with Crippen molar-refractivity contribution in [1.29, 1.82) is 0 Å². The third kappa shape index (κ3) is 3.65. The van der Waals surface area contributed by atoms with Crippen molar-refractivity contribution in [1.82, 2.24) is 24.7 Å². The number of aliphatic hydroxyl groups is 1. The predicted molar refractivity (Wildman–Crippen MR) is 73.5 cm³/mol. The molecule has 0 radical (unpaired) electrons. The first-order valence-electron chi connectivity index (χ1n) is 5.90. The second-order valence-corrected chi connectivity index (χ2v) is 5.03. The van der Waals surface area contributed by atoms with Gasteiger partial charge in [-0.3, -0.25) is 0 Å². The average molecular weight is 280 g/mol. The highest BCUT2D eigenvalue weighted by Crippen LogP contribution is 2.18. The lowest BCUT2D eigenvalue weighted by Gasteiger charge is -2.08. The minimum absolute atomic E-state index is 0.156. The summed E-state index contributed by atoms with van der Waals surface area (Å²) >= 11 is 1.49. The molecule has 102 valence electrons. The van der Waals surface area contributed by atoms with Gasteiger partial charge >= 0.3 is 0 Å². The van der Waals surface area contributed by atoms with Crippen LogP contribution in [0.5, 0.6) is 0 Å². The summed E-state index contributed by atoms with van der Waals surface area (Å²) in [6.45, 7) is 2.13. The van der Waals surface area contributed by atoms with Gasteiger partial charge in [-0.05, 0) is 12.0 Å². The van der Waals surface area contributed by atoms with Crippen LogP contribution in [0.1, 0.15) is 6.92 Å². The number of anilines is 1. The lowest BCUT2D eigenvalue weighted by Crippen LogP contribution is -2.09. The number of hydrogen-bond donors (Lipinski definition) is 2. The highest BCUT2D eigenvalue weighted by Gasteiger charge is 2.09. The average Bonchev–Trinajstić information content (AvgIpc) is 2.98. The zero-order valence-corrected chi connectivity index (χ0v) is 11.6. The van der Waals surface area contributed by atoms with Crippen LogP contribution in [0, 0.1) is 5.92 Å². The molecule has 19 heavy (non-hydrogen) atoms. The van der Waals surface area contributed by atoms with Crippen molar-refractivity contribution in [2.75, 3.05) is 24.7 Å². The fourth-order valence-electron chi connectivity index (χ4n) is 1.28. The van der Waals surface area contributed by atoms with Crippen LogP contribution < -0.4 is 5.32 Å². The van der Waals surface area contributed by atoms with E-state index < -0.39 is 0 Å². The first kappa shape index (κ1) is 13.8. The Labute approximate surface area is 115 Å². The van der Waals surface area contributed by atoms with Gasteiger partial charge in [-0.15, -0.1) is 0 Å². The Morgan fingerprint density at radius 1 is 1.42 bits per heavy atom. The molecule has 2 N–H and O–H groups in total. The van der Waals surface area contributed by atoms with E-state index in [0.717, 1.165) is 5.75 Å². The summed E-state index contributed by atoms with van der Waals surface area (Å²) in [6, 6.07) is 1.81. The van der Waals surface area contributed by atoms with Crippen LogP contribution in [-0.4, -0.2) is 49.2 Å². The fraction of sp³-hybridized carbons (Fsp3) is 0.455. The Morgan fingerprint density at radius 2 is 2.26 bits per heavy atom. The highest BCUT2D eigenvalue weighted by molar-refractivity contribution is 7.99. The molecule has 2 rings (SSSR count). The minimum atomic E-state index is 0.156. The maximum absolute atomic E-state index is 9.03. The summed E-state index contributed by atoms with van der Waals surface area (Å²) in [6.07, 6.45) is 3.45. The molecule has 0 fully saturated rings. The normalized spacial score (nSPS) is 12.4. The Bertz CT molecular complexity index is 518. The second-order valence-electron chi connectivity index (χ2n) is 4.04. The van der Waals surface area contributed by atoms with Gasteiger partial charge in [0.05, 0.1) is 0 Å². The van der Waals surface area contributed by atoms with E-state index >= 15 is 0 Å². The molecule has 2 aromatic rings.